The van der Waals surface area contributed by atoms with Crippen LogP contribution in [0.15, 0.2) is 18.3 Å². The van der Waals surface area contributed by atoms with Crippen molar-refractivity contribution >= 4 is 17.6 Å². The summed E-state index contributed by atoms with van der Waals surface area (Å²) in [6.45, 7) is 0.736. The lowest BCUT2D eigenvalue weighted by Crippen LogP contribution is -2.38. The summed E-state index contributed by atoms with van der Waals surface area (Å²) >= 11 is 0. The second-order valence-corrected chi connectivity index (χ2v) is 3.60. The van der Waals surface area contributed by atoms with Gasteiger partial charge < -0.3 is 20.8 Å². The van der Waals surface area contributed by atoms with Crippen molar-refractivity contribution < 1.29 is 14.3 Å². The Morgan fingerprint density at radius 3 is 2.74 bits per heavy atom. The van der Waals surface area contributed by atoms with Gasteiger partial charge >= 0.3 is 0 Å². The number of rotatable bonds is 7. The number of hydrogen-bond donors (Lipinski definition) is 4. The van der Waals surface area contributed by atoms with E-state index >= 15 is 0 Å². The smallest absolute Gasteiger partial charge is 0.253 e. The second kappa shape index (κ2) is 8.01. The van der Waals surface area contributed by atoms with Gasteiger partial charge in [-0.1, -0.05) is 0 Å². The van der Waals surface area contributed by atoms with Gasteiger partial charge in [0.15, 0.2) is 0 Å². The number of nitrogens with zero attached hydrogens (tertiary/aromatic N) is 1. The molecule has 0 atom stereocenters. The maximum absolute atomic E-state index is 11.7. The minimum absolute atomic E-state index is 0.0978. The van der Waals surface area contributed by atoms with E-state index in [0.717, 1.165) is 0 Å². The number of nitrogens with two attached hydrogens (primary N) is 1. The largest absolute Gasteiger partial charge is 0.383 e. The van der Waals surface area contributed by atoms with Crippen LogP contribution in [0.5, 0.6) is 0 Å². The molecule has 0 saturated heterocycles. The van der Waals surface area contributed by atoms with Crippen molar-refractivity contribution in [1.82, 2.24) is 15.6 Å². The topological polar surface area (TPSA) is 118 Å². The van der Waals surface area contributed by atoms with Crippen LogP contribution in [0.25, 0.3) is 0 Å². The molecule has 0 aliphatic carbocycles. The van der Waals surface area contributed by atoms with E-state index in [9.17, 15) is 9.59 Å². The van der Waals surface area contributed by atoms with Crippen LogP contribution in [0.3, 0.4) is 0 Å². The number of pyridine rings is 1. The molecule has 0 radical (unpaired) electrons. The number of anilines is 1. The van der Waals surface area contributed by atoms with Crippen LogP contribution in [-0.2, 0) is 9.53 Å². The Morgan fingerprint density at radius 1 is 1.37 bits per heavy atom. The van der Waals surface area contributed by atoms with Gasteiger partial charge in [-0.25, -0.2) is 10.8 Å². The molecule has 1 aromatic heterocycles. The minimum Gasteiger partial charge on any atom is -0.383 e. The first kappa shape index (κ1) is 14.9. The van der Waals surface area contributed by atoms with Crippen LogP contribution in [0.4, 0.5) is 5.82 Å². The van der Waals surface area contributed by atoms with E-state index in [1.807, 2.05) is 0 Å². The van der Waals surface area contributed by atoms with Crippen LogP contribution in [0.1, 0.15) is 10.4 Å². The molecule has 0 aliphatic rings. The third-order valence-electron chi connectivity index (χ3n) is 2.21. The SMILES string of the molecule is COCCNC(=O)CNC(=O)c1ccc(NN)nc1. The normalized spacial score (nSPS) is 9.79. The summed E-state index contributed by atoms with van der Waals surface area (Å²) in [5, 5.41) is 5.07. The average Bonchev–Trinajstić information content (AvgIpc) is 2.45. The third kappa shape index (κ3) is 5.32. The lowest BCUT2D eigenvalue weighted by molar-refractivity contribution is -0.120. The van der Waals surface area contributed by atoms with Crippen LogP contribution in [-0.4, -0.2) is 43.6 Å². The van der Waals surface area contributed by atoms with Gasteiger partial charge in [0.2, 0.25) is 5.91 Å². The maximum Gasteiger partial charge on any atom is 0.253 e. The molecule has 0 fully saturated rings. The standard InChI is InChI=1S/C11H17N5O3/c1-19-5-4-13-10(17)7-15-11(18)8-2-3-9(16-12)14-6-8/h2-3,6H,4-5,7,12H2,1H3,(H,13,17)(H,14,16)(H,15,18). The first-order chi connectivity index (χ1) is 9.17. The highest BCUT2D eigenvalue weighted by molar-refractivity contribution is 5.96. The van der Waals surface area contributed by atoms with Gasteiger partial charge in [0.1, 0.15) is 5.82 Å². The molecular formula is C11H17N5O3. The zero-order valence-electron chi connectivity index (χ0n) is 10.6. The van der Waals surface area contributed by atoms with E-state index in [-0.39, 0.29) is 18.4 Å². The summed E-state index contributed by atoms with van der Waals surface area (Å²) in [7, 11) is 1.54. The molecule has 104 valence electrons. The lowest BCUT2D eigenvalue weighted by atomic mass is 10.2. The quantitative estimate of drug-likeness (QED) is 0.282. The molecule has 0 aliphatic heterocycles. The summed E-state index contributed by atoms with van der Waals surface area (Å²) < 4.78 is 4.78. The predicted octanol–water partition coefficient (Wildman–Crippen LogP) is -1.14. The van der Waals surface area contributed by atoms with Crippen LogP contribution >= 0.6 is 0 Å². The van der Waals surface area contributed by atoms with Crippen LogP contribution in [0, 0.1) is 0 Å². The van der Waals surface area contributed by atoms with Gasteiger partial charge in [-0.15, -0.1) is 0 Å². The van der Waals surface area contributed by atoms with E-state index in [4.69, 9.17) is 10.6 Å². The monoisotopic (exact) mass is 267 g/mol. The number of ether oxygens (including phenoxy) is 1. The van der Waals surface area contributed by atoms with E-state index in [1.165, 1.54) is 6.20 Å². The van der Waals surface area contributed by atoms with Gasteiger partial charge in [-0.2, -0.15) is 0 Å². The van der Waals surface area contributed by atoms with Crippen molar-refractivity contribution in [3.05, 3.63) is 23.9 Å². The van der Waals surface area contributed by atoms with Crippen molar-refractivity contribution in [1.29, 1.82) is 0 Å². The molecule has 2 amide bonds. The molecule has 0 bridgehead atoms. The number of carbonyl (C=O) groups is 2. The summed E-state index contributed by atoms with van der Waals surface area (Å²) in [5.41, 5.74) is 2.70. The molecule has 0 spiro atoms. The first-order valence-electron chi connectivity index (χ1n) is 5.64. The van der Waals surface area contributed by atoms with Crippen molar-refractivity contribution in [3.63, 3.8) is 0 Å². The third-order valence-corrected chi connectivity index (χ3v) is 2.21. The highest BCUT2D eigenvalue weighted by Crippen LogP contribution is 2.02. The summed E-state index contributed by atoms with van der Waals surface area (Å²) in [6.07, 6.45) is 1.37. The fraction of sp³-hybridized carbons (Fsp3) is 0.364. The van der Waals surface area contributed by atoms with Gasteiger partial charge in [0, 0.05) is 19.9 Å². The fourth-order valence-corrected chi connectivity index (χ4v) is 1.23. The van der Waals surface area contributed by atoms with Crippen LogP contribution in [0.2, 0.25) is 0 Å². The highest BCUT2D eigenvalue weighted by Gasteiger charge is 2.08. The molecule has 5 N–H and O–H groups in total. The zero-order valence-corrected chi connectivity index (χ0v) is 10.6. The number of nitrogen functional groups attached to an aromatic ring is 1. The molecule has 1 rings (SSSR count). The van der Waals surface area contributed by atoms with Crippen molar-refractivity contribution in [2.24, 2.45) is 5.84 Å². The molecule has 8 heteroatoms. The Bertz CT molecular complexity index is 421. The van der Waals surface area contributed by atoms with Gasteiger partial charge in [0.25, 0.3) is 5.91 Å². The average molecular weight is 267 g/mol. The van der Waals surface area contributed by atoms with E-state index in [0.29, 0.717) is 24.5 Å². The number of carbonyl (C=O) groups excluding carboxylic acids is 2. The zero-order chi connectivity index (χ0) is 14.1. The lowest BCUT2D eigenvalue weighted by Gasteiger charge is -2.06. The molecule has 0 saturated carbocycles. The highest BCUT2D eigenvalue weighted by atomic mass is 16.5. The Hall–Kier alpha value is -2.19. The Balaban J connectivity index is 2.35. The molecule has 0 unspecified atom stereocenters. The van der Waals surface area contributed by atoms with Crippen molar-refractivity contribution in [3.8, 4) is 0 Å². The summed E-state index contributed by atoms with van der Waals surface area (Å²) in [4.78, 5) is 26.9. The summed E-state index contributed by atoms with van der Waals surface area (Å²) in [6, 6.07) is 3.12. The maximum atomic E-state index is 11.7. The van der Waals surface area contributed by atoms with Gasteiger partial charge in [0.05, 0.1) is 18.7 Å². The number of hydrogen-bond acceptors (Lipinski definition) is 6. The predicted molar refractivity (Wildman–Crippen MR) is 69.3 cm³/mol. The van der Waals surface area contributed by atoms with E-state index in [2.05, 4.69) is 21.0 Å². The molecular weight excluding hydrogens is 250 g/mol. The van der Waals surface area contributed by atoms with Crippen molar-refractivity contribution in [2.45, 2.75) is 0 Å². The number of aromatic nitrogens is 1. The number of nitrogens with one attached hydrogen (secondary N) is 3. The summed E-state index contributed by atoms with van der Waals surface area (Å²) in [5.74, 6) is 4.95. The fourth-order valence-electron chi connectivity index (χ4n) is 1.23. The van der Waals surface area contributed by atoms with E-state index in [1.54, 1.807) is 19.2 Å². The Labute approximate surface area is 110 Å². The number of methoxy groups -OCH3 is 1. The van der Waals surface area contributed by atoms with Crippen molar-refractivity contribution in [2.75, 3.05) is 32.2 Å². The molecule has 19 heavy (non-hydrogen) atoms. The molecule has 0 aromatic carbocycles. The van der Waals surface area contributed by atoms with Gasteiger partial charge in [-0.3, -0.25) is 9.59 Å². The Kier molecular flexibility index (Phi) is 6.27. The van der Waals surface area contributed by atoms with Gasteiger partial charge in [-0.05, 0) is 12.1 Å². The number of amides is 2. The molecule has 8 nitrogen and oxygen atoms in total. The Morgan fingerprint density at radius 2 is 2.16 bits per heavy atom. The molecule has 1 heterocycles. The second-order valence-electron chi connectivity index (χ2n) is 3.60. The first-order valence-corrected chi connectivity index (χ1v) is 5.64. The van der Waals surface area contributed by atoms with E-state index < -0.39 is 0 Å². The number of hydrazine groups is 1. The van der Waals surface area contributed by atoms with Crippen LogP contribution < -0.4 is 21.9 Å². The molecule has 1 aromatic rings. The minimum atomic E-state index is -0.377.